The van der Waals surface area contributed by atoms with Crippen LogP contribution in [0.4, 0.5) is 0 Å². The lowest BCUT2D eigenvalue weighted by molar-refractivity contribution is 0.0970. The fraction of sp³-hybridized carbons (Fsp3) is 0.571. The van der Waals surface area contributed by atoms with Crippen molar-refractivity contribution in [3.8, 4) is 22.3 Å². The second kappa shape index (κ2) is 19.1. The average Bonchev–Trinajstić information content (AvgIpc) is 3.40. The Morgan fingerprint density at radius 3 is 1.57 bits per heavy atom. The van der Waals surface area contributed by atoms with Crippen molar-refractivity contribution in [2.24, 2.45) is 0 Å². The van der Waals surface area contributed by atoms with Gasteiger partial charge in [-0.3, -0.25) is 9.59 Å². The second-order valence-electron chi connectivity index (χ2n) is 13.5. The quantitative estimate of drug-likeness (QED) is 0.0574. The summed E-state index contributed by atoms with van der Waals surface area (Å²) in [4.78, 5) is 32.0. The molecule has 250 valence electrons. The van der Waals surface area contributed by atoms with Crippen LogP contribution < -0.4 is 0 Å². The molecule has 46 heavy (non-hydrogen) atoms. The number of hydrogen-bond acceptors (Lipinski definition) is 4. The zero-order valence-electron chi connectivity index (χ0n) is 29.5. The Labute approximate surface area is 279 Å². The van der Waals surface area contributed by atoms with Crippen LogP contribution >= 0.6 is 0 Å². The Morgan fingerprint density at radius 2 is 1.00 bits per heavy atom. The van der Waals surface area contributed by atoms with E-state index >= 15 is 0 Å². The van der Waals surface area contributed by atoms with E-state index in [2.05, 4.69) is 73.9 Å². The maximum atomic E-state index is 13.5. The van der Waals surface area contributed by atoms with Crippen LogP contribution in [-0.2, 0) is 0 Å². The molecule has 3 aromatic rings. The number of carbonyl (C=O) groups excluding carboxylic acids is 2. The predicted molar refractivity (Wildman–Crippen MR) is 197 cm³/mol. The van der Waals surface area contributed by atoms with E-state index in [9.17, 15) is 9.59 Å². The normalized spacial score (nSPS) is 12.0. The molecule has 0 amide bonds. The number of hydrogen-bond donors (Lipinski definition) is 0. The van der Waals surface area contributed by atoms with Gasteiger partial charge in [0.2, 0.25) is 0 Å². The topological polar surface area (TPSA) is 40.6 Å². The van der Waals surface area contributed by atoms with E-state index in [0.717, 1.165) is 71.8 Å². The van der Waals surface area contributed by atoms with Crippen LogP contribution in [-0.4, -0.2) is 60.6 Å². The van der Waals surface area contributed by atoms with E-state index in [1.165, 1.54) is 88.7 Å². The lowest BCUT2D eigenvalue weighted by Crippen LogP contribution is -2.27. The third-order valence-electron chi connectivity index (χ3n) is 9.83. The van der Waals surface area contributed by atoms with Gasteiger partial charge in [-0.1, -0.05) is 95.8 Å². The molecule has 0 heterocycles. The number of benzene rings is 3. The van der Waals surface area contributed by atoms with Crippen LogP contribution in [0.3, 0.4) is 0 Å². The molecular weight excluding hydrogens is 564 g/mol. The third-order valence-corrected chi connectivity index (χ3v) is 9.83. The van der Waals surface area contributed by atoms with E-state index in [0.29, 0.717) is 12.8 Å². The van der Waals surface area contributed by atoms with E-state index in [4.69, 9.17) is 0 Å². The summed E-state index contributed by atoms with van der Waals surface area (Å²) in [7, 11) is 0. The summed E-state index contributed by atoms with van der Waals surface area (Å²) in [5.74, 6) is 0.477. The van der Waals surface area contributed by atoms with Gasteiger partial charge in [-0.2, -0.15) is 0 Å². The van der Waals surface area contributed by atoms with Gasteiger partial charge in [-0.25, -0.2) is 0 Å². The highest BCUT2D eigenvalue weighted by Crippen LogP contribution is 2.48. The number of ketones is 2. The summed E-state index contributed by atoms with van der Waals surface area (Å²) >= 11 is 0. The van der Waals surface area contributed by atoms with Gasteiger partial charge >= 0.3 is 0 Å². The van der Waals surface area contributed by atoms with Crippen LogP contribution in [0.2, 0.25) is 0 Å². The first kappa shape index (κ1) is 36.0. The largest absolute Gasteiger partial charge is 0.303 e. The number of Topliss-reactive ketones (excluding diaryl/α,β-unsaturated/α-hetero) is 2. The highest BCUT2D eigenvalue weighted by Gasteiger charge is 2.25. The van der Waals surface area contributed by atoms with Crippen molar-refractivity contribution >= 4 is 22.3 Å². The highest BCUT2D eigenvalue weighted by molar-refractivity contribution is 6.21. The first-order valence-electron chi connectivity index (χ1n) is 18.7. The van der Waals surface area contributed by atoms with Gasteiger partial charge in [0.15, 0.2) is 11.6 Å². The number of rotatable bonds is 24. The van der Waals surface area contributed by atoms with Gasteiger partial charge in [0.25, 0.3) is 0 Å². The number of carbonyl (C=O) groups is 2. The van der Waals surface area contributed by atoms with Gasteiger partial charge in [0.05, 0.1) is 0 Å². The summed E-state index contributed by atoms with van der Waals surface area (Å²) in [6.45, 7) is 15.9. The van der Waals surface area contributed by atoms with Crippen LogP contribution in [0.5, 0.6) is 0 Å². The molecule has 0 spiro atoms. The Kier molecular flexibility index (Phi) is 15.0. The molecule has 0 aromatic heterocycles. The molecule has 0 unspecified atom stereocenters. The molecule has 4 rings (SSSR count). The predicted octanol–water partition coefficient (Wildman–Crippen LogP) is 11.0. The number of nitrogens with zero attached hydrogens (tertiary/aromatic N) is 2. The fourth-order valence-electron chi connectivity index (χ4n) is 6.99. The van der Waals surface area contributed by atoms with Gasteiger partial charge in [0, 0.05) is 24.0 Å². The molecule has 0 atom stereocenters. The monoisotopic (exact) mass is 624 g/mol. The Bertz CT molecular complexity index is 1390. The molecule has 0 bridgehead atoms. The Hall–Kier alpha value is -2.82. The van der Waals surface area contributed by atoms with E-state index in [1.807, 2.05) is 12.1 Å². The van der Waals surface area contributed by atoms with Crippen molar-refractivity contribution in [1.29, 1.82) is 0 Å². The number of unbranched alkanes of at least 4 members (excludes halogenated alkanes) is 6. The summed E-state index contributed by atoms with van der Waals surface area (Å²) in [6, 6.07) is 16.7. The zero-order valence-corrected chi connectivity index (χ0v) is 29.5. The minimum atomic E-state index is 0.235. The molecule has 1 aliphatic rings. The van der Waals surface area contributed by atoms with Crippen molar-refractivity contribution in [3.05, 3.63) is 59.7 Å². The minimum absolute atomic E-state index is 0.235. The lowest BCUT2D eigenvalue weighted by Gasteiger charge is -2.21. The molecule has 0 saturated carbocycles. The first-order chi connectivity index (χ1) is 22.5. The van der Waals surface area contributed by atoms with Crippen LogP contribution in [0.15, 0.2) is 48.5 Å². The summed E-state index contributed by atoms with van der Waals surface area (Å²) < 4.78 is 0. The summed E-state index contributed by atoms with van der Waals surface area (Å²) in [5.41, 5.74) is 6.27. The molecule has 0 saturated heterocycles. The number of fused-ring (bicyclic) bond motifs is 3. The van der Waals surface area contributed by atoms with E-state index in [1.54, 1.807) is 0 Å². The van der Waals surface area contributed by atoms with Crippen molar-refractivity contribution < 1.29 is 9.59 Å². The molecule has 0 fully saturated rings. The van der Waals surface area contributed by atoms with E-state index in [-0.39, 0.29) is 11.6 Å². The molecule has 4 nitrogen and oxygen atoms in total. The average molecular weight is 625 g/mol. The van der Waals surface area contributed by atoms with Crippen molar-refractivity contribution in [3.63, 3.8) is 0 Å². The molecule has 0 aliphatic heterocycles. The SMILES string of the molecule is CCCCN(CCCC)CCCCC(=O)c1ccc2c(c1)-c1ccc(C(=O)CCCCN(CCCC)CCCC)c3cccc-2c13. The zero-order chi connectivity index (χ0) is 32.7. The maximum Gasteiger partial charge on any atom is 0.163 e. The first-order valence-corrected chi connectivity index (χ1v) is 18.7. The van der Waals surface area contributed by atoms with Gasteiger partial charge in [0.1, 0.15) is 0 Å². The van der Waals surface area contributed by atoms with Crippen LogP contribution in [0, 0.1) is 0 Å². The standard InChI is InChI=1S/C42H60N2O2/c1-5-9-26-43(27-10-6-2)30-15-13-20-40(45)33-22-23-34-36-18-17-19-37-35(24-25-38(42(36)37)39(34)32-33)41(46)21-14-16-31-44(28-11-7-3)29-12-8-4/h17-19,22-25,32H,5-16,20-21,26-31H2,1-4H3. The Balaban J connectivity index is 1.38. The molecule has 4 heteroatoms. The maximum absolute atomic E-state index is 13.5. The lowest BCUT2D eigenvalue weighted by atomic mass is 9.94. The fourth-order valence-corrected chi connectivity index (χ4v) is 6.99. The Morgan fingerprint density at radius 1 is 0.500 bits per heavy atom. The van der Waals surface area contributed by atoms with Gasteiger partial charge in [-0.05, 0) is 130 Å². The van der Waals surface area contributed by atoms with Crippen molar-refractivity contribution in [2.75, 3.05) is 39.3 Å². The third kappa shape index (κ3) is 9.61. The summed E-state index contributed by atoms with van der Waals surface area (Å²) in [5, 5.41) is 2.21. The summed E-state index contributed by atoms with van der Waals surface area (Å²) in [6.07, 6.45) is 15.1. The van der Waals surface area contributed by atoms with Gasteiger partial charge < -0.3 is 9.80 Å². The van der Waals surface area contributed by atoms with Crippen molar-refractivity contribution in [1.82, 2.24) is 9.80 Å². The van der Waals surface area contributed by atoms with Crippen molar-refractivity contribution in [2.45, 2.75) is 118 Å². The molecule has 1 aliphatic carbocycles. The van der Waals surface area contributed by atoms with E-state index < -0.39 is 0 Å². The highest BCUT2D eigenvalue weighted by atomic mass is 16.1. The van der Waals surface area contributed by atoms with Crippen LogP contribution in [0.1, 0.15) is 138 Å². The second-order valence-corrected chi connectivity index (χ2v) is 13.5. The van der Waals surface area contributed by atoms with Crippen LogP contribution in [0.25, 0.3) is 33.0 Å². The molecule has 3 aromatic carbocycles. The smallest absolute Gasteiger partial charge is 0.163 e. The molecular formula is C42H60N2O2. The van der Waals surface area contributed by atoms with Gasteiger partial charge in [-0.15, -0.1) is 0 Å². The molecule has 0 radical (unpaired) electrons. The molecule has 0 N–H and O–H groups in total. The minimum Gasteiger partial charge on any atom is -0.303 e.